The Balaban J connectivity index is 0. The van der Waals surface area contributed by atoms with Crippen molar-refractivity contribution >= 4 is 36.4 Å². The van der Waals surface area contributed by atoms with E-state index >= 15 is 0 Å². The molecule has 0 radical (unpaired) electrons. The molecule has 0 unspecified atom stereocenters. The van der Waals surface area contributed by atoms with Gasteiger partial charge in [-0.2, -0.15) is 0 Å². The van der Waals surface area contributed by atoms with Crippen LogP contribution in [0.25, 0.3) is 0 Å². The zero-order valence-electron chi connectivity index (χ0n) is 13.5. The fourth-order valence-electron chi connectivity index (χ4n) is 2.04. The fourth-order valence-corrected chi connectivity index (χ4v) is 2.16. The van der Waals surface area contributed by atoms with Crippen LogP contribution in [0.1, 0.15) is 19.3 Å². The van der Waals surface area contributed by atoms with E-state index in [1.807, 2.05) is 43.0 Å². The number of nitrogens with one attached hydrogen (secondary N) is 1. The Morgan fingerprint density at radius 1 is 1.04 bits per heavy atom. The molecule has 0 spiro atoms. The number of unbranched alkanes of at least 4 members (excludes halogenated alkanes) is 2. The molecule has 2 rings (SSSR count). The van der Waals surface area contributed by atoms with Gasteiger partial charge in [-0.1, -0.05) is 18.0 Å². The molecular formula is C16H26Cl3N3O2. The highest BCUT2D eigenvalue weighted by molar-refractivity contribution is 6.30. The van der Waals surface area contributed by atoms with E-state index in [-0.39, 0.29) is 30.3 Å². The zero-order valence-corrected chi connectivity index (χ0v) is 15.9. The molecule has 0 aliphatic rings. The van der Waals surface area contributed by atoms with Crippen molar-refractivity contribution in [2.24, 2.45) is 0 Å². The third-order valence-electron chi connectivity index (χ3n) is 3.19. The molecule has 0 fully saturated rings. The molecule has 0 atom stereocenters. The largest absolute Gasteiger partial charge is 0.492 e. The van der Waals surface area contributed by atoms with Gasteiger partial charge in [0.25, 0.3) is 0 Å². The molecule has 0 saturated carbocycles. The lowest BCUT2D eigenvalue weighted by molar-refractivity contribution is 0.313. The van der Waals surface area contributed by atoms with Crippen molar-refractivity contribution in [2.75, 3.05) is 19.7 Å². The second kappa shape index (κ2) is 15.5. The quantitative estimate of drug-likeness (QED) is 0.624. The Kier molecular flexibility index (Phi) is 16.4. The molecule has 0 aliphatic heterocycles. The number of rotatable bonds is 10. The van der Waals surface area contributed by atoms with Crippen molar-refractivity contribution in [3.8, 4) is 5.75 Å². The molecule has 1 aromatic heterocycles. The molecule has 0 aliphatic carbocycles. The molecular weight excluding hydrogens is 373 g/mol. The molecule has 5 nitrogen and oxygen atoms in total. The lowest BCUT2D eigenvalue weighted by Crippen LogP contribution is -2.22. The zero-order chi connectivity index (χ0) is 14.8. The van der Waals surface area contributed by atoms with Crippen molar-refractivity contribution in [3.05, 3.63) is 48.0 Å². The van der Waals surface area contributed by atoms with Crippen LogP contribution in [0.2, 0.25) is 5.02 Å². The summed E-state index contributed by atoms with van der Waals surface area (Å²) in [6.07, 6.45) is 9.30. The molecule has 8 heteroatoms. The van der Waals surface area contributed by atoms with E-state index in [9.17, 15) is 0 Å². The minimum Gasteiger partial charge on any atom is -0.492 e. The predicted octanol–water partition coefficient (Wildman–Crippen LogP) is 3.39. The first-order valence-corrected chi connectivity index (χ1v) is 7.77. The second-order valence-corrected chi connectivity index (χ2v) is 5.35. The summed E-state index contributed by atoms with van der Waals surface area (Å²) >= 11 is 5.82. The third-order valence-corrected chi connectivity index (χ3v) is 3.44. The number of hydrogen-bond donors (Lipinski definition) is 1. The average Bonchev–Trinajstić information content (AvgIpc) is 3.01. The van der Waals surface area contributed by atoms with E-state index in [2.05, 4.69) is 14.9 Å². The van der Waals surface area contributed by atoms with Crippen LogP contribution in [-0.2, 0) is 6.54 Å². The number of aromatic nitrogens is 2. The maximum Gasteiger partial charge on any atom is 0.119 e. The van der Waals surface area contributed by atoms with E-state index < -0.39 is 0 Å². The Bertz CT molecular complexity index is 496. The molecule has 0 saturated heterocycles. The third kappa shape index (κ3) is 10.7. The Hall–Kier alpha value is -0.980. The molecule has 3 N–H and O–H groups in total. The minimum atomic E-state index is 0. The summed E-state index contributed by atoms with van der Waals surface area (Å²) in [6, 6.07) is 7.45. The number of imidazole rings is 1. The van der Waals surface area contributed by atoms with Gasteiger partial charge >= 0.3 is 0 Å². The summed E-state index contributed by atoms with van der Waals surface area (Å²) in [5.74, 6) is 0.863. The van der Waals surface area contributed by atoms with Crippen molar-refractivity contribution in [2.45, 2.75) is 25.8 Å². The van der Waals surface area contributed by atoms with Crippen LogP contribution >= 0.6 is 36.4 Å². The van der Waals surface area contributed by atoms with Crippen LogP contribution in [0.15, 0.2) is 43.0 Å². The summed E-state index contributed by atoms with van der Waals surface area (Å²) in [4.78, 5) is 4.03. The summed E-state index contributed by atoms with van der Waals surface area (Å²) in [6.45, 7) is 3.63. The molecule has 1 heterocycles. The molecule has 1 aromatic carbocycles. The highest BCUT2D eigenvalue weighted by Gasteiger charge is 1.95. The Morgan fingerprint density at radius 3 is 2.46 bits per heavy atom. The van der Waals surface area contributed by atoms with Gasteiger partial charge in [-0.3, -0.25) is 0 Å². The van der Waals surface area contributed by atoms with Gasteiger partial charge in [0.2, 0.25) is 0 Å². The maximum atomic E-state index is 5.82. The van der Waals surface area contributed by atoms with Gasteiger partial charge in [-0.25, -0.2) is 4.98 Å². The summed E-state index contributed by atoms with van der Waals surface area (Å²) in [5, 5.41) is 4.12. The first-order chi connectivity index (χ1) is 10.3. The molecule has 138 valence electrons. The van der Waals surface area contributed by atoms with Gasteiger partial charge in [-0.05, 0) is 43.7 Å². The van der Waals surface area contributed by atoms with Crippen molar-refractivity contribution in [1.29, 1.82) is 0 Å². The molecule has 24 heavy (non-hydrogen) atoms. The number of aryl methyl sites for hydroxylation is 1. The average molecular weight is 399 g/mol. The normalized spacial score (nSPS) is 9.38. The van der Waals surface area contributed by atoms with Crippen LogP contribution in [-0.4, -0.2) is 34.7 Å². The highest BCUT2D eigenvalue weighted by atomic mass is 35.5. The van der Waals surface area contributed by atoms with E-state index in [0.29, 0.717) is 6.61 Å². The molecule has 0 bridgehead atoms. The van der Waals surface area contributed by atoms with Crippen molar-refractivity contribution in [3.63, 3.8) is 0 Å². The standard InChI is InChI=1S/C16H22ClN3O.2ClH.H2O/c17-15-4-6-16(7-5-15)21-13-10-18-8-2-1-3-11-20-12-9-19-14-20;;;/h4-7,9,12,14,18H,1-3,8,10-11,13H2;2*1H;1H2. The van der Waals surface area contributed by atoms with Crippen LogP contribution in [0.5, 0.6) is 5.75 Å². The van der Waals surface area contributed by atoms with Gasteiger partial charge < -0.3 is 20.1 Å². The number of benzene rings is 1. The van der Waals surface area contributed by atoms with E-state index in [1.54, 1.807) is 0 Å². The van der Waals surface area contributed by atoms with Gasteiger partial charge in [-0.15, -0.1) is 24.8 Å². The smallest absolute Gasteiger partial charge is 0.119 e. The first kappa shape index (κ1) is 25.3. The number of hydrogen-bond acceptors (Lipinski definition) is 3. The van der Waals surface area contributed by atoms with Gasteiger partial charge in [0.05, 0.1) is 6.33 Å². The monoisotopic (exact) mass is 397 g/mol. The van der Waals surface area contributed by atoms with Gasteiger partial charge in [0, 0.05) is 30.5 Å². The Morgan fingerprint density at radius 2 is 1.79 bits per heavy atom. The van der Waals surface area contributed by atoms with Crippen molar-refractivity contribution in [1.82, 2.24) is 14.9 Å². The lowest BCUT2D eigenvalue weighted by atomic mass is 10.2. The van der Waals surface area contributed by atoms with Crippen LogP contribution < -0.4 is 10.1 Å². The predicted molar refractivity (Wildman–Crippen MR) is 104 cm³/mol. The van der Waals surface area contributed by atoms with Crippen LogP contribution in [0.3, 0.4) is 0 Å². The second-order valence-electron chi connectivity index (χ2n) is 4.91. The van der Waals surface area contributed by atoms with E-state index in [1.165, 1.54) is 19.3 Å². The topological polar surface area (TPSA) is 70.6 Å². The number of ether oxygens (including phenoxy) is 1. The number of nitrogens with zero attached hydrogens (tertiary/aromatic N) is 2. The SMILES string of the molecule is Cl.Cl.Clc1ccc(OCCNCCCCCn2ccnc2)cc1.O. The van der Waals surface area contributed by atoms with Gasteiger partial charge in [0.1, 0.15) is 12.4 Å². The lowest BCUT2D eigenvalue weighted by Gasteiger charge is -2.07. The van der Waals surface area contributed by atoms with E-state index in [4.69, 9.17) is 16.3 Å². The van der Waals surface area contributed by atoms with E-state index in [0.717, 1.165) is 30.4 Å². The molecule has 2 aromatic rings. The summed E-state index contributed by atoms with van der Waals surface area (Å²) < 4.78 is 7.72. The van der Waals surface area contributed by atoms with Crippen LogP contribution in [0.4, 0.5) is 0 Å². The Labute approximate surface area is 160 Å². The fraction of sp³-hybridized carbons (Fsp3) is 0.438. The van der Waals surface area contributed by atoms with Crippen molar-refractivity contribution < 1.29 is 10.2 Å². The minimum absolute atomic E-state index is 0. The summed E-state index contributed by atoms with van der Waals surface area (Å²) in [7, 11) is 0. The summed E-state index contributed by atoms with van der Waals surface area (Å²) in [5.41, 5.74) is 0. The number of halogens is 3. The maximum absolute atomic E-state index is 5.82. The molecule has 0 amide bonds. The highest BCUT2D eigenvalue weighted by Crippen LogP contribution is 2.15. The van der Waals surface area contributed by atoms with Crippen LogP contribution in [0, 0.1) is 0 Å². The van der Waals surface area contributed by atoms with Gasteiger partial charge in [0.15, 0.2) is 0 Å². The first-order valence-electron chi connectivity index (χ1n) is 7.39.